The summed E-state index contributed by atoms with van der Waals surface area (Å²) in [5, 5.41) is 3.18. The van der Waals surface area contributed by atoms with Gasteiger partial charge in [0.15, 0.2) is 0 Å². The lowest BCUT2D eigenvalue weighted by atomic mass is 10.2. The van der Waals surface area contributed by atoms with Gasteiger partial charge in [0.05, 0.1) is 12.0 Å². The largest absolute Gasteiger partial charge is 0.496 e. The summed E-state index contributed by atoms with van der Waals surface area (Å²) in [6, 6.07) is 11.2. The average molecular weight is 407 g/mol. The fourth-order valence-corrected chi connectivity index (χ4v) is 3.95. The summed E-state index contributed by atoms with van der Waals surface area (Å²) in [5.74, 6) is 0.185. The van der Waals surface area contributed by atoms with Gasteiger partial charge in [-0.05, 0) is 55.3 Å². The van der Waals surface area contributed by atoms with Gasteiger partial charge >= 0.3 is 0 Å². The number of hydrogen-bond acceptors (Lipinski definition) is 4. The van der Waals surface area contributed by atoms with Crippen LogP contribution in [0.25, 0.3) is 6.08 Å². The van der Waals surface area contributed by atoms with Crippen LogP contribution in [-0.4, -0.2) is 27.5 Å². The molecule has 0 saturated heterocycles. The molecule has 1 amide bonds. The molecule has 8 heteroatoms. The van der Waals surface area contributed by atoms with E-state index in [1.807, 2.05) is 0 Å². The molecule has 0 radical (unpaired) electrons. The zero-order valence-corrected chi connectivity index (χ0v) is 16.2. The van der Waals surface area contributed by atoms with Gasteiger partial charge < -0.3 is 10.1 Å². The molecule has 1 aliphatic rings. The summed E-state index contributed by atoms with van der Waals surface area (Å²) < 4.78 is 32.4. The lowest BCUT2D eigenvalue weighted by molar-refractivity contribution is -0.111. The number of halogens is 1. The molecule has 0 heterocycles. The number of benzene rings is 2. The Kier molecular flexibility index (Phi) is 5.84. The molecule has 3 rings (SSSR count). The molecular weight excluding hydrogens is 388 g/mol. The van der Waals surface area contributed by atoms with E-state index in [1.54, 1.807) is 36.4 Å². The van der Waals surface area contributed by atoms with Crippen molar-refractivity contribution in [2.45, 2.75) is 23.8 Å². The number of methoxy groups -OCH3 is 1. The van der Waals surface area contributed by atoms with Crippen LogP contribution in [0.2, 0.25) is 5.02 Å². The van der Waals surface area contributed by atoms with E-state index >= 15 is 0 Å². The zero-order chi connectivity index (χ0) is 19.4. The number of carbonyl (C=O) groups is 1. The van der Waals surface area contributed by atoms with Crippen LogP contribution >= 0.6 is 11.6 Å². The van der Waals surface area contributed by atoms with E-state index in [-0.39, 0.29) is 10.9 Å². The molecular formula is C19H19ClN2O4S. The van der Waals surface area contributed by atoms with Gasteiger partial charge in [0.25, 0.3) is 0 Å². The van der Waals surface area contributed by atoms with Gasteiger partial charge in [0.2, 0.25) is 15.9 Å². The average Bonchev–Trinajstić information content (AvgIpc) is 3.43. The minimum Gasteiger partial charge on any atom is -0.496 e. The molecule has 1 aliphatic carbocycles. The number of rotatable bonds is 7. The maximum Gasteiger partial charge on any atom is 0.248 e. The Labute approximate surface area is 163 Å². The van der Waals surface area contributed by atoms with Gasteiger partial charge in [0.1, 0.15) is 5.75 Å². The Morgan fingerprint density at radius 3 is 2.70 bits per heavy atom. The second-order valence-electron chi connectivity index (χ2n) is 6.13. The molecule has 0 aromatic heterocycles. The molecule has 2 aromatic rings. The van der Waals surface area contributed by atoms with Crippen molar-refractivity contribution in [1.29, 1.82) is 0 Å². The Morgan fingerprint density at radius 1 is 1.22 bits per heavy atom. The van der Waals surface area contributed by atoms with Crippen LogP contribution in [0.4, 0.5) is 5.69 Å². The third-order valence-corrected chi connectivity index (χ3v) is 5.67. The van der Waals surface area contributed by atoms with Crippen molar-refractivity contribution in [3.05, 3.63) is 59.1 Å². The highest BCUT2D eigenvalue weighted by Crippen LogP contribution is 2.25. The van der Waals surface area contributed by atoms with E-state index in [1.165, 1.54) is 25.3 Å². The standard InChI is InChI=1S/C19H19ClN2O4S/c1-26-18-9-6-14(20)11-13(18)5-10-19(23)21-16-3-2-4-17(12-16)27(24,25)22-15-7-8-15/h2-6,9-12,15,22H,7-8H2,1H3,(H,21,23). The maximum absolute atomic E-state index is 12.3. The van der Waals surface area contributed by atoms with E-state index in [0.717, 1.165) is 12.8 Å². The summed E-state index contributed by atoms with van der Waals surface area (Å²) in [6.07, 6.45) is 4.62. The van der Waals surface area contributed by atoms with Crippen molar-refractivity contribution in [3.63, 3.8) is 0 Å². The monoisotopic (exact) mass is 406 g/mol. The predicted octanol–water partition coefficient (Wildman–Crippen LogP) is 3.44. The van der Waals surface area contributed by atoms with E-state index < -0.39 is 15.9 Å². The molecule has 1 fully saturated rings. The van der Waals surface area contributed by atoms with Crippen molar-refractivity contribution in [1.82, 2.24) is 4.72 Å². The number of hydrogen-bond donors (Lipinski definition) is 2. The molecule has 27 heavy (non-hydrogen) atoms. The third-order valence-electron chi connectivity index (χ3n) is 3.92. The Bertz CT molecular complexity index is 985. The third kappa shape index (κ3) is 5.32. The molecule has 142 valence electrons. The summed E-state index contributed by atoms with van der Waals surface area (Å²) >= 11 is 5.97. The van der Waals surface area contributed by atoms with Gasteiger partial charge in [-0.2, -0.15) is 0 Å². The summed E-state index contributed by atoms with van der Waals surface area (Å²) in [6.45, 7) is 0. The van der Waals surface area contributed by atoms with Crippen molar-refractivity contribution < 1.29 is 17.9 Å². The fraction of sp³-hybridized carbons (Fsp3) is 0.211. The second kappa shape index (κ2) is 8.12. The van der Waals surface area contributed by atoms with Gasteiger partial charge in [-0.15, -0.1) is 0 Å². The molecule has 0 atom stereocenters. The smallest absolute Gasteiger partial charge is 0.248 e. The van der Waals surface area contributed by atoms with E-state index in [0.29, 0.717) is 22.0 Å². The number of amides is 1. The number of ether oxygens (including phenoxy) is 1. The van der Waals surface area contributed by atoms with Crippen LogP contribution in [0.5, 0.6) is 5.75 Å². The highest BCUT2D eigenvalue weighted by Gasteiger charge is 2.28. The Hall–Kier alpha value is -2.35. The Morgan fingerprint density at radius 2 is 2.00 bits per heavy atom. The normalized spacial score (nSPS) is 14.3. The first-order chi connectivity index (χ1) is 12.9. The molecule has 6 nitrogen and oxygen atoms in total. The van der Waals surface area contributed by atoms with Crippen molar-refractivity contribution in [3.8, 4) is 5.75 Å². The second-order valence-corrected chi connectivity index (χ2v) is 8.28. The number of sulfonamides is 1. The van der Waals surface area contributed by atoms with Gasteiger partial charge in [0, 0.05) is 28.4 Å². The van der Waals surface area contributed by atoms with Crippen molar-refractivity contribution >= 4 is 39.3 Å². The van der Waals surface area contributed by atoms with Crippen LogP contribution in [0.1, 0.15) is 18.4 Å². The van der Waals surface area contributed by atoms with Gasteiger partial charge in [-0.3, -0.25) is 4.79 Å². The van der Waals surface area contributed by atoms with E-state index in [2.05, 4.69) is 10.0 Å². The van der Waals surface area contributed by atoms with Crippen molar-refractivity contribution in [2.24, 2.45) is 0 Å². The lowest BCUT2D eigenvalue weighted by Gasteiger charge is -2.08. The first kappa shape index (κ1) is 19.4. The molecule has 2 aromatic carbocycles. The highest BCUT2D eigenvalue weighted by molar-refractivity contribution is 7.89. The molecule has 0 unspecified atom stereocenters. The van der Waals surface area contributed by atoms with Gasteiger partial charge in [-0.1, -0.05) is 17.7 Å². The van der Waals surface area contributed by atoms with E-state index in [4.69, 9.17) is 16.3 Å². The lowest BCUT2D eigenvalue weighted by Crippen LogP contribution is -2.25. The van der Waals surface area contributed by atoms with Crippen LogP contribution in [0, 0.1) is 0 Å². The quantitative estimate of drug-likeness (QED) is 0.690. The first-order valence-corrected chi connectivity index (χ1v) is 10.2. The summed E-state index contributed by atoms with van der Waals surface area (Å²) in [7, 11) is -2.04. The van der Waals surface area contributed by atoms with Crippen LogP contribution in [0.3, 0.4) is 0 Å². The minimum absolute atomic E-state index is 0.0175. The summed E-state index contributed by atoms with van der Waals surface area (Å²) in [5.41, 5.74) is 1.05. The van der Waals surface area contributed by atoms with E-state index in [9.17, 15) is 13.2 Å². The SMILES string of the molecule is COc1ccc(Cl)cc1C=CC(=O)Nc1cccc(S(=O)(=O)NC2CC2)c1. The molecule has 0 aliphatic heterocycles. The van der Waals surface area contributed by atoms with Crippen LogP contribution in [-0.2, 0) is 14.8 Å². The number of carbonyl (C=O) groups excluding carboxylic acids is 1. The minimum atomic E-state index is -3.57. The number of anilines is 1. The molecule has 0 bridgehead atoms. The molecule has 2 N–H and O–H groups in total. The maximum atomic E-state index is 12.3. The Balaban J connectivity index is 1.71. The fourth-order valence-electron chi connectivity index (χ4n) is 2.41. The zero-order valence-electron chi connectivity index (χ0n) is 14.6. The first-order valence-electron chi connectivity index (χ1n) is 8.32. The molecule has 0 spiro atoms. The van der Waals surface area contributed by atoms with Crippen LogP contribution < -0.4 is 14.8 Å². The molecule has 1 saturated carbocycles. The van der Waals surface area contributed by atoms with Gasteiger partial charge in [-0.25, -0.2) is 13.1 Å². The summed E-state index contributed by atoms with van der Waals surface area (Å²) in [4.78, 5) is 12.3. The van der Waals surface area contributed by atoms with Crippen molar-refractivity contribution in [2.75, 3.05) is 12.4 Å². The van der Waals surface area contributed by atoms with Crippen LogP contribution in [0.15, 0.2) is 53.4 Å². The highest BCUT2D eigenvalue weighted by atomic mass is 35.5. The number of nitrogens with one attached hydrogen (secondary N) is 2. The predicted molar refractivity (Wildman–Crippen MR) is 105 cm³/mol. The topological polar surface area (TPSA) is 84.5 Å².